The number of rotatable bonds is 1. The standard InChI is InChI=1S/C17H18N4/c1-21-8-2-3-11-9-12(4-7-16(11)21)17-14-10-13(18)5-6-15(14)19-20-17/h4-7,9-10H,2-3,8,18H2,1H3,(H,19,20). The van der Waals surface area contributed by atoms with Crippen LogP contribution in [0.15, 0.2) is 36.4 Å². The Labute approximate surface area is 123 Å². The number of benzene rings is 2. The number of nitrogens with zero attached hydrogens (tertiary/aromatic N) is 2. The average Bonchev–Trinajstić information content (AvgIpc) is 2.90. The minimum atomic E-state index is 0.767. The number of H-pyrrole nitrogens is 1. The third-order valence-electron chi connectivity index (χ3n) is 4.29. The Morgan fingerprint density at radius 3 is 3.00 bits per heavy atom. The molecule has 0 aliphatic carbocycles. The average molecular weight is 278 g/mol. The van der Waals surface area contributed by atoms with Crippen LogP contribution in [0.2, 0.25) is 0 Å². The van der Waals surface area contributed by atoms with Crippen molar-refractivity contribution < 1.29 is 0 Å². The molecule has 0 amide bonds. The number of nitrogen functional groups attached to an aromatic ring is 1. The maximum Gasteiger partial charge on any atom is 0.1000 e. The molecule has 1 aliphatic heterocycles. The maximum absolute atomic E-state index is 5.91. The molecular weight excluding hydrogens is 260 g/mol. The van der Waals surface area contributed by atoms with Crippen LogP contribution in [0.3, 0.4) is 0 Å². The van der Waals surface area contributed by atoms with Crippen molar-refractivity contribution in [2.45, 2.75) is 12.8 Å². The number of nitrogens with one attached hydrogen (secondary N) is 1. The molecule has 0 unspecified atom stereocenters. The summed E-state index contributed by atoms with van der Waals surface area (Å²) in [6, 6.07) is 12.5. The zero-order chi connectivity index (χ0) is 14.4. The smallest absolute Gasteiger partial charge is 0.1000 e. The number of nitrogens with two attached hydrogens (primary N) is 1. The maximum atomic E-state index is 5.91. The highest BCUT2D eigenvalue weighted by molar-refractivity contribution is 5.95. The predicted molar refractivity (Wildman–Crippen MR) is 87.5 cm³/mol. The molecule has 21 heavy (non-hydrogen) atoms. The van der Waals surface area contributed by atoms with Crippen LogP contribution in [0.1, 0.15) is 12.0 Å². The summed E-state index contributed by atoms with van der Waals surface area (Å²) in [6.07, 6.45) is 2.35. The van der Waals surface area contributed by atoms with Crippen LogP contribution in [-0.4, -0.2) is 23.8 Å². The van der Waals surface area contributed by atoms with E-state index < -0.39 is 0 Å². The fourth-order valence-corrected chi connectivity index (χ4v) is 3.18. The Morgan fingerprint density at radius 1 is 1.19 bits per heavy atom. The van der Waals surface area contributed by atoms with Crippen LogP contribution >= 0.6 is 0 Å². The predicted octanol–water partition coefficient (Wildman–Crippen LogP) is 3.19. The molecule has 4 rings (SSSR count). The number of hydrogen-bond donors (Lipinski definition) is 2. The van der Waals surface area contributed by atoms with Gasteiger partial charge in [-0.1, -0.05) is 6.07 Å². The Kier molecular flexibility index (Phi) is 2.64. The Hall–Kier alpha value is -2.49. The lowest BCUT2D eigenvalue weighted by Gasteiger charge is -2.27. The Bertz CT molecular complexity index is 819. The van der Waals surface area contributed by atoms with Crippen LogP contribution in [0.25, 0.3) is 22.2 Å². The van der Waals surface area contributed by atoms with Gasteiger partial charge in [-0.05, 0) is 48.7 Å². The van der Waals surface area contributed by atoms with E-state index in [1.54, 1.807) is 0 Å². The lowest BCUT2D eigenvalue weighted by molar-refractivity contribution is 0.745. The van der Waals surface area contributed by atoms with Gasteiger partial charge in [-0.25, -0.2) is 0 Å². The lowest BCUT2D eigenvalue weighted by Crippen LogP contribution is -2.24. The van der Waals surface area contributed by atoms with Crippen molar-refractivity contribution in [1.29, 1.82) is 0 Å². The summed E-state index contributed by atoms with van der Waals surface area (Å²) in [5.74, 6) is 0. The lowest BCUT2D eigenvalue weighted by atomic mass is 9.97. The molecule has 0 radical (unpaired) electrons. The molecule has 4 nitrogen and oxygen atoms in total. The molecule has 106 valence electrons. The molecule has 4 heteroatoms. The second kappa shape index (κ2) is 4.52. The van der Waals surface area contributed by atoms with Crippen molar-refractivity contribution in [2.75, 3.05) is 24.2 Å². The molecule has 0 atom stereocenters. The largest absolute Gasteiger partial charge is 0.399 e. The van der Waals surface area contributed by atoms with E-state index in [1.807, 2.05) is 18.2 Å². The molecule has 1 aliphatic rings. The van der Waals surface area contributed by atoms with Crippen LogP contribution in [-0.2, 0) is 6.42 Å². The highest BCUT2D eigenvalue weighted by atomic mass is 15.1. The van der Waals surface area contributed by atoms with Gasteiger partial charge in [0.2, 0.25) is 0 Å². The normalized spacial score (nSPS) is 14.4. The second-order valence-electron chi connectivity index (χ2n) is 5.75. The minimum Gasteiger partial charge on any atom is -0.399 e. The third kappa shape index (κ3) is 1.95. The molecule has 3 N–H and O–H groups in total. The first-order valence-corrected chi connectivity index (χ1v) is 7.30. The van der Waals surface area contributed by atoms with E-state index >= 15 is 0 Å². The van der Waals surface area contributed by atoms with Crippen molar-refractivity contribution in [1.82, 2.24) is 10.2 Å². The van der Waals surface area contributed by atoms with E-state index in [2.05, 4.69) is 40.3 Å². The number of anilines is 2. The fourth-order valence-electron chi connectivity index (χ4n) is 3.18. The quantitative estimate of drug-likeness (QED) is 0.672. The van der Waals surface area contributed by atoms with Gasteiger partial charge < -0.3 is 10.6 Å². The molecule has 2 heterocycles. The van der Waals surface area contributed by atoms with Crippen LogP contribution in [0.4, 0.5) is 11.4 Å². The molecule has 0 saturated carbocycles. The van der Waals surface area contributed by atoms with E-state index in [4.69, 9.17) is 5.73 Å². The SMILES string of the molecule is CN1CCCc2cc(-c3n[nH]c4ccc(N)cc34)ccc21. The van der Waals surface area contributed by atoms with E-state index in [1.165, 1.54) is 17.7 Å². The van der Waals surface area contributed by atoms with Gasteiger partial charge >= 0.3 is 0 Å². The van der Waals surface area contributed by atoms with Crippen LogP contribution in [0.5, 0.6) is 0 Å². The first-order chi connectivity index (χ1) is 10.2. The highest BCUT2D eigenvalue weighted by Gasteiger charge is 2.16. The second-order valence-corrected chi connectivity index (χ2v) is 5.75. The van der Waals surface area contributed by atoms with Crippen LogP contribution < -0.4 is 10.6 Å². The summed E-state index contributed by atoms with van der Waals surface area (Å²) in [4.78, 5) is 2.32. The molecule has 3 aromatic rings. The van der Waals surface area contributed by atoms with Crippen LogP contribution in [0, 0.1) is 0 Å². The number of fused-ring (bicyclic) bond motifs is 2. The molecule has 0 bridgehead atoms. The van der Waals surface area contributed by atoms with Crippen molar-refractivity contribution >= 4 is 22.3 Å². The fraction of sp³-hybridized carbons (Fsp3) is 0.235. The van der Waals surface area contributed by atoms with Gasteiger partial charge in [0.05, 0.1) is 11.2 Å². The van der Waals surface area contributed by atoms with Gasteiger partial charge in [0.25, 0.3) is 0 Å². The number of aromatic nitrogens is 2. The van der Waals surface area contributed by atoms with Gasteiger partial charge in [-0.3, -0.25) is 5.10 Å². The minimum absolute atomic E-state index is 0.767. The zero-order valence-corrected chi connectivity index (χ0v) is 12.1. The number of aryl methyl sites for hydroxylation is 1. The Balaban J connectivity index is 1.87. The highest BCUT2D eigenvalue weighted by Crippen LogP contribution is 2.33. The molecule has 0 fully saturated rings. The number of aromatic amines is 1. The summed E-state index contributed by atoms with van der Waals surface area (Å²) >= 11 is 0. The van der Waals surface area contributed by atoms with Crippen molar-refractivity contribution in [3.8, 4) is 11.3 Å². The van der Waals surface area contributed by atoms with Gasteiger partial charge in [-0.2, -0.15) is 5.10 Å². The van der Waals surface area contributed by atoms with Crippen molar-refractivity contribution in [2.24, 2.45) is 0 Å². The van der Waals surface area contributed by atoms with Gasteiger partial charge in [0, 0.05) is 35.9 Å². The summed E-state index contributed by atoms with van der Waals surface area (Å²) in [7, 11) is 2.16. The van der Waals surface area contributed by atoms with Gasteiger partial charge in [0.15, 0.2) is 0 Å². The molecule has 2 aromatic carbocycles. The first kappa shape index (κ1) is 12.3. The molecule has 0 saturated heterocycles. The van der Waals surface area contributed by atoms with E-state index in [0.29, 0.717) is 0 Å². The summed E-state index contributed by atoms with van der Waals surface area (Å²) < 4.78 is 0. The molecule has 0 spiro atoms. The van der Waals surface area contributed by atoms with Gasteiger partial charge in [-0.15, -0.1) is 0 Å². The number of hydrogen-bond acceptors (Lipinski definition) is 3. The van der Waals surface area contributed by atoms with E-state index in [9.17, 15) is 0 Å². The van der Waals surface area contributed by atoms with Gasteiger partial charge in [0.1, 0.15) is 0 Å². The summed E-state index contributed by atoms with van der Waals surface area (Å²) in [5.41, 5.74) is 12.6. The summed E-state index contributed by atoms with van der Waals surface area (Å²) in [5, 5.41) is 8.65. The van der Waals surface area contributed by atoms with E-state index in [0.717, 1.165) is 40.8 Å². The molecular formula is C17H18N4. The summed E-state index contributed by atoms with van der Waals surface area (Å²) in [6.45, 7) is 1.13. The first-order valence-electron chi connectivity index (χ1n) is 7.30. The monoisotopic (exact) mass is 278 g/mol. The Morgan fingerprint density at radius 2 is 2.10 bits per heavy atom. The van der Waals surface area contributed by atoms with Crippen molar-refractivity contribution in [3.05, 3.63) is 42.0 Å². The van der Waals surface area contributed by atoms with Crippen molar-refractivity contribution in [3.63, 3.8) is 0 Å². The zero-order valence-electron chi connectivity index (χ0n) is 12.1. The topological polar surface area (TPSA) is 57.9 Å². The van der Waals surface area contributed by atoms with E-state index in [-0.39, 0.29) is 0 Å². The molecule has 1 aromatic heterocycles. The third-order valence-corrected chi connectivity index (χ3v) is 4.29.